The molecular weight excluding hydrogens is 300 g/mol. The van der Waals surface area contributed by atoms with Crippen molar-refractivity contribution in [1.29, 1.82) is 0 Å². The van der Waals surface area contributed by atoms with Crippen LogP contribution in [0, 0.1) is 0 Å². The highest BCUT2D eigenvalue weighted by molar-refractivity contribution is 5.85. The van der Waals surface area contributed by atoms with E-state index in [-0.39, 0.29) is 24.2 Å². The second-order valence-electron chi connectivity index (χ2n) is 5.68. The first-order chi connectivity index (χ1) is 10.2. The molecule has 2 atom stereocenters. The Morgan fingerprint density at radius 1 is 1.50 bits per heavy atom. The third-order valence-electron chi connectivity index (χ3n) is 4.19. The number of methoxy groups -OCH3 is 1. The molecule has 2 unspecified atom stereocenters. The van der Waals surface area contributed by atoms with Crippen LogP contribution in [0.3, 0.4) is 0 Å². The summed E-state index contributed by atoms with van der Waals surface area (Å²) in [5.41, 5.74) is 1.02. The minimum absolute atomic E-state index is 0. The van der Waals surface area contributed by atoms with E-state index in [2.05, 4.69) is 17.1 Å². The van der Waals surface area contributed by atoms with E-state index in [1.54, 1.807) is 7.11 Å². The molecule has 0 radical (unpaired) electrons. The SMILES string of the molecule is CCCN(C(=O)C(C)c1cccc(OC)c1)C1CCNC1.Cl. The van der Waals surface area contributed by atoms with E-state index in [0.717, 1.165) is 43.8 Å². The molecule has 1 aromatic rings. The summed E-state index contributed by atoms with van der Waals surface area (Å²) >= 11 is 0. The standard InChI is InChI=1S/C17H26N2O2.ClH/c1-4-10-19(15-8-9-18-12-15)17(20)13(2)14-6-5-7-16(11-14)21-3;/h5-7,11,13,15,18H,4,8-10,12H2,1-3H3;1H. The van der Waals surface area contributed by atoms with Crippen LogP contribution in [0.5, 0.6) is 5.75 Å². The molecule has 1 heterocycles. The lowest BCUT2D eigenvalue weighted by Gasteiger charge is -2.31. The van der Waals surface area contributed by atoms with E-state index < -0.39 is 0 Å². The van der Waals surface area contributed by atoms with Gasteiger partial charge in [-0.05, 0) is 44.0 Å². The molecule has 0 bridgehead atoms. The Labute approximate surface area is 139 Å². The second-order valence-corrected chi connectivity index (χ2v) is 5.68. The Morgan fingerprint density at radius 3 is 2.86 bits per heavy atom. The van der Waals surface area contributed by atoms with Gasteiger partial charge in [-0.1, -0.05) is 19.1 Å². The molecule has 1 saturated heterocycles. The van der Waals surface area contributed by atoms with E-state index >= 15 is 0 Å². The van der Waals surface area contributed by atoms with Gasteiger partial charge in [0.25, 0.3) is 0 Å². The number of nitrogens with zero attached hydrogens (tertiary/aromatic N) is 1. The molecule has 1 aliphatic rings. The molecule has 5 heteroatoms. The minimum atomic E-state index is -0.132. The van der Waals surface area contributed by atoms with Crippen molar-refractivity contribution in [2.45, 2.75) is 38.6 Å². The van der Waals surface area contributed by atoms with E-state index in [9.17, 15) is 4.79 Å². The van der Waals surface area contributed by atoms with Crippen molar-refractivity contribution in [2.24, 2.45) is 0 Å². The van der Waals surface area contributed by atoms with Crippen molar-refractivity contribution in [3.05, 3.63) is 29.8 Å². The van der Waals surface area contributed by atoms with Crippen LogP contribution in [-0.2, 0) is 4.79 Å². The summed E-state index contributed by atoms with van der Waals surface area (Å²) in [6, 6.07) is 8.15. The quantitative estimate of drug-likeness (QED) is 0.874. The number of carbonyl (C=O) groups is 1. The average molecular weight is 327 g/mol. The summed E-state index contributed by atoms with van der Waals surface area (Å²) in [6.07, 6.45) is 2.05. The van der Waals surface area contributed by atoms with Gasteiger partial charge >= 0.3 is 0 Å². The van der Waals surface area contributed by atoms with Gasteiger partial charge in [0.1, 0.15) is 5.75 Å². The number of halogens is 1. The number of benzene rings is 1. The molecule has 4 nitrogen and oxygen atoms in total. The van der Waals surface area contributed by atoms with Crippen molar-refractivity contribution in [2.75, 3.05) is 26.7 Å². The number of hydrogen-bond donors (Lipinski definition) is 1. The fourth-order valence-corrected chi connectivity index (χ4v) is 2.92. The lowest BCUT2D eigenvalue weighted by molar-refractivity contribution is -0.134. The number of amides is 1. The van der Waals surface area contributed by atoms with Gasteiger partial charge in [0.2, 0.25) is 5.91 Å². The Hall–Kier alpha value is -1.26. The molecule has 0 spiro atoms. The number of rotatable bonds is 6. The molecule has 1 aromatic carbocycles. The van der Waals surface area contributed by atoms with Crippen LogP contribution < -0.4 is 10.1 Å². The van der Waals surface area contributed by atoms with E-state index in [1.807, 2.05) is 31.2 Å². The molecule has 0 saturated carbocycles. The zero-order chi connectivity index (χ0) is 15.2. The van der Waals surface area contributed by atoms with E-state index in [1.165, 1.54) is 0 Å². The smallest absolute Gasteiger partial charge is 0.230 e. The van der Waals surface area contributed by atoms with Crippen molar-refractivity contribution < 1.29 is 9.53 Å². The van der Waals surface area contributed by atoms with Gasteiger partial charge in [-0.25, -0.2) is 0 Å². The predicted octanol–water partition coefficient (Wildman–Crippen LogP) is 2.82. The molecule has 2 rings (SSSR count). The third-order valence-corrected chi connectivity index (χ3v) is 4.19. The average Bonchev–Trinajstić information content (AvgIpc) is 3.05. The van der Waals surface area contributed by atoms with Crippen molar-refractivity contribution in [1.82, 2.24) is 10.2 Å². The van der Waals surface area contributed by atoms with Gasteiger partial charge in [-0.2, -0.15) is 0 Å². The Kier molecular flexibility index (Phi) is 7.69. The fraction of sp³-hybridized carbons (Fsp3) is 0.588. The molecule has 0 aliphatic carbocycles. The zero-order valence-electron chi connectivity index (χ0n) is 13.7. The van der Waals surface area contributed by atoms with Crippen LogP contribution in [0.4, 0.5) is 0 Å². The maximum Gasteiger partial charge on any atom is 0.230 e. The molecule has 1 fully saturated rings. The van der Waals surface area contributed by atoms with Crippen LogP contribution in [0.15, 0.2) is 24.3 Å². The van der Waals surface area contributed by atoms with Crippen LogP contribution >= 0.6 is 12.4 Å². The highest BCUT2D eigenvalue weighted by Crippen LogP contribution is 2.24. The van der Waals surface area contributed by atoms with Crippen LogP contribution in [0.25, 0.3) is 0 Å². The molecule has 1 N–H and O–H groups in total. The van der Waals surface area contributed by atoms with Gasteiger partial charge in [0.05, 0.1) is 13.0 Å². The molecule has 124 valence electrons. The topological polar surface area (TPSA) is 41.6 Å². The summed E-state index contributed by atoms with van der Waals surface area (Å²) in [7, 11) is 1.65. The molecule has 22 heavy (non-hydrogen) atoms. The van der Waals surface area contributed by atoms with Crippen LogP contribution in [0.1, 0.15) is 38.2 Å². The highest BCUT2D eigenvalue weighted by Gasteiger charge is 2.29. The first-order valence-electron chi connectivity index (χ1n) is 7.82. The highest BCUT2D eigenvalue weighted by atomic mass is 35.5. The number of ether oxygens (including phenoxy) is 1. The lowest BCUT2D eigenvalue weighted by Crippen LogP contribution is -2.44. The second kappa shape index (κ2) is 9.01. The Morgan fingerprint density at radius 2 is 2.27 bits per heavy atom. The van der Waals surface area contributed by atoms with Gasteiger partial charge in [-0.15, -0.1) is 12.4 Å². The van der Waals surface area contributed by atoms with Crippen molar-refractivity contribution >= 4 is 18.3 Å². The fourth-order valence-electron chi connectivity index (χ4n) is 2.92. The number of hydrogen-bond acceptors (Lipinski definition) is 3. The van der Waals surface area contributed by atoms with Gasteiger partial charge in [-0.3, -0.25) is 4.79 Å². The predicted molar refractivity (Wildman–Crippen MR) is 91.9 cm³/mol. The monoisotopic (exact) mass is 326 g/mol. The van der Waals surface area contributed by atoms with Gasteiger partial charge in [0.15, 0.2) is 0 Å². The van der Waals surface area contributed by atoms with Gasteiger partial charge in [0, 0.05) is 19.1 Å². The molecular formula is C17H27ClN2O2. The number of carbonyl (C=O) groups excluding carboxylic acids is 1. The first kappa shape index (κ1) is 18.8. The molecule has 1 aliphatic heterocycles. The molecule has 1 amide bonds. The van der Waals surface area contributed by atoms with Crippen molar-refractivity contribution in [3.8, 4) is 5.75 Å². The third kappa shape index (κ3) is 4.37. The van der Waals surface area contributed by atoms with E-state index in [4.69, 9.17) is 4.74 Å². The first-order valence-corrected chi connectivity index (χ1v) is 7.82. The van der Waals surface area contributed by atoms with Gasteiger partial charge < -0.3 is 15.0 Å². The summed E-state index contributed by atoms with van der Waals surface area (Å²) in [5.74, 6) is 0.891. The minimum Gasteiger partial charge on any atom is -0.497 e. The van der Waals surface area contributed by atoms with Crippen molar-refractivity contribution in [3.63, 3.8) is 0 Å². The van der Waals surface area contributed by atoms with Crippen LogP contribution in [-0.4, -0.2) is 43.6 Å². The van der Waals surface area contributed by atoms with E-state index in [0.29, 0.717) is 6.04 Å². The summed E-state index contributed by atoms with van der Waals surface area (Å²) < 4.78 is 5.26. The number of nitrogens with one attached hydrogen (secondary N) is 1. The van der Waals surface area contributed by atoms with Crippen LogP contribution in [0.2, 0.25) is 0 Å². The summed E-state index contributed by atoms with van der Waals surface area (Å²) in [5, 5.41) is 3.35. The summed E-state index contributed by atoms with van der Waals surface area (Å²) in [4.78, 5) is 14.9. The maximum atomic E-state index is 12.9. The maximum absolute atomic E-state index is 12.9. The molecule has 0 aromatic heterocycles. The normalized spacial score (nSPS) is 18.4. The Bertz CT molecular complexity index is 475. The Balaban J connectivity index is 0.00000242. The zero-order valence-corrected chi connectivity index (χ0v) is 14.5. The lowest BCUT2D eigenvalue weighted by atomic mass is 9.98. The largest absolute Gasteiger partial charge is 0.497 e. The summed E-state index contributed by atoms with van der Waals surface area (Å²) in [6.45, 7) is 6.86.